The van der Waals surface area contributed by atoms with Gasteiger partial charge in [-0.2, -0.15) is 0 Å². The van der Waals surface area contributed by atoms with Crippen LogP contribution in [-0.4, -0.2) is 48.5 Å². The van der Waals surface area contributed by atoms with E-state index in [0.29, 0.717) is 11.0 Å². The number of carbonyl (C=O) groups is 2. The zero-order valence-electron chi connectivity index (χ0n) is 17.7. The van der Waals surface area contributed by atoms with Gasteiger partial charge < -0.3 is 20.0 Å². The summed E-state index contributed by atoms with van der Waals surface area (Å²) in [5.41, 5.74) is 3.83. The number of hydrogen-bond acceptors (Lipinski definition) is 5. The lowest BCUT2D eigenvalue weighted by Gasteiger charge is -2.14. The van der Waals surface area contributed by atoms with Crippen LogP contribution in [0, 0.1) is 6.92 Å². The molecule has 0 aliphatic carbocycles. The molecule has 0 aliphatic rings. The summed E-state index contributed by atoms with van der Waals surface area (Å²) in [6, 6.07) is 14.5. The van der Waals surface area contributed by atoms with Gasteiger partial charge in [-0.05, 0) is 24.1 Å². The number of benzene rings is 2. The number of H-pyrrole nitrogens is 1. The molecule has 0 fully saturated rings. The zero-order chi connectivity index (χ0) is 22.7. The number of nitrogens with zero attached hydrogens (tertiary/aromatic N) is 3. The second-order valence-electron chi connectivity index (χ2n) is 7.49. The maximum atomic E-state index is 12.5. The number of amides is 1. The van der Waals surface area contributed by atoms with Gasteiger partial charge in [0.15, 0.2) is 11.0 Å². The molecule has 2 aromatic heterocycles. The summed E-state index contributed by atoms with van der Waals surface area (Å²) < 4.78 is 1.83. The van der Waals surface area contributed by atoms with Crippen LogP contribution in [0.3, 0.4) is 0 Å². The molecule has 0 saturated carbocycles. The molecule has 8 nitrogen and oxygen atoms in total. The molecular weight excluding hydrogens is 426 g/mol. The predicted octanol–water partition coefficient (Wildman–Crippen LogP) is 3.18. The minimum Gasteiger partial charge on any atom is -0.480 e. The molecule has 0 aliphatic heterocycles. The molecule has 4 rings (SSSR count). The van der Waals surface area contributed by atoms with Crippen LogP contribution in [0.4, 0.5) is 0 Å². The summed E-state index contributed by atoms with van der Waals surface area (Å²) in [7, 11) is 1.85. The third kappa shape index (κ3) is 4.52. The van der Waals surface area contributed by atoms with Crippen molar-refractivity contribution in [3.05, 3.63) is 65.9 Å². The first kappa shape index (κ1) is 21.6. The minimum absolute atomic E-state index is 0.0391. The van der Waals surface area contributed by atoms with E-state index in [1.807, 2.05) is 67.1 Å². The van der Waals surface area contributed by atoms with Crippen molar-refractivity contribution in [3.8, 4) is 11.4 Å². The first-order chi connectivity index (χ1) is 15.4. The van der Waals surface area contributed by atoms with E-state index in [0.717, 1.165) is 27.6 Å². The van der Waals surface area contributed by atoms with Crippen LogP contribution < -0.4 is 5.32 Å². The van der Waals surface area contributed by atoms with Crippen LogP contribution in [0.2, 0.25) is 0 Å². The van der Waals surface area contributed by atoms with Crippen molar-refractivity contribution in [1.29, 1.82) is 0 Å². The van der Waals surface area contributed by atoms with Crippen LogP contribution in [-0.2, 0) is 23.1 Å². The quantitative estimate of drug-likeness (QED) is 0.356. The van der Waals surface area contributed by atoms with Gasteiger partial charge >= 0.3 is 5.97 Å². The molecule has 0 unspecified atom stereocenters. The number of aromatic nitrogens is 4. The van der Waals surface area contributed by atoms with E-state index in [2.05, 4.69) is 20.5 Å². The largest absolute Gasteiger partial charge is 0.480 e. The Morgan fingerprint density at radius 1 is 1.16 bits per heavy atom. The SMILES string of the molecule is Cc1ccccc1-c1nnc(SCC(=O)N[C@H](Cc2c[nH]c3ccccc23)C(=O)O)n1C. The molecule has 32 heavy (non-hydrogen) atoms. The van der Waals surface area contributed by atoms with Crippen molar-refractivity contribution < 1.29 is 14.7 Å². The van der Waals surface area contributed by atoms with Crippen molar-refractivity contribution >= 4 is 34.5 Å². The summed E-state index contributed by atoms with van der Waals surface area (Å²) in [6.07, 6.45) is 1.98. The number of aromatic amines is 1. The van der Waals surface area contributed by atoms with E-state index in [4.69, 9.17) is 0 Å². The van der Waals surface area contributed by atoms with Crippen LogP contribution in [0.1, 0.15) is 11.1 Å². The Labute approximate surface area is 189 Å². The monoisotopic (exact) mass is 449 g/mol. The molecule has 0 bridgehead atoms. The van der Waals surface area contributed by atoms with Gasteiger partial charge in [-0.3, -0.25) is 4.79 Å². The lowest BCUT2D eigenvalue weighted by atomic mass is 10.1. The van der Waals surface area contributed by atoms with Gasteiger partial charge in [0.05, 0.1) is 5.75 Å². The van der Waals surface area contributed by atoms with Gasteiger partial charge in [0.2, 0.25) is 5.91 Å². The number of aliphatic carboxylic acids is 1. The normalized spacial score (nSPS) is 12.1. The summed E-state index contributed by atoms with van der Waals surface area (Å²) >= 11 is 1.22. The molecule has 2 heterocycles. The number of para-hydroxylation sites is 1. The molecule has 1 atom stereocenters. The van der Waals surface area contributed by atoms with Gasteiger partial charge in [-0.25, -0.2) is 4.79 Å². The van der Waals surface area contributed by atoms with Gasteiger partial charge in [-0.1, -0.05) is 54.2 Å². The molecule has 4 aromatic rings. The fraction of sp³-hybridized carbons (Fsp3) is 0.217. The zero-order valence-corrected chi connectivity index (χ0v) is 18.5. The number of rotatable bonds is 8. The highest BCUT2D eigenvalue weighted by molar-refractivity contribution is 7.99. The van der Waals surface area contributed by atoms with Gasteiger partial charge in [0.1, 0.15) is 6.04 Å². The fourth-order valence-corrected chi connectivity index (χ4v) is 4.31. The van der Waals surface area contributed by atoms with Crippen LogP contribution in [0.5, 0.6) is 0 Å². The topological polar surface area (TPSA) is 113 Å². The number of thioether (sulfide) groups is 1. The summed E-state index contributed by atoms with van der Waals surface area (Å²) in [4.78, 5) is 27.4. The molecule has 2 aromatic carbocycles. The number of hydrogen-bond donors (Lipinski definition) is 3. The summed E-state index contributed by atoms with van der Waals surface area (Å²) in [6.45, 7) is 2.00. The van der Waals surface area contributed by atoms with Crippen LogP contribution in [0.15, 0.2) is 59.9 Å². The molecule has 164 valence electrons. The lowest BCUT2D eigenvalue weighted by Crippen LogP contribution is -2.43. The first-order valence-electron chi connectivity index (χ1n) is 10.1. The number of aryl methyl sites for hydroxylation is 1. The molecule has 1 amide bonds. The first-order valence-corrected chi connectivity index (χ1v) is 11.1. The van der Waals surface area contributed by atoms with Crippen molar-refractivity contribution in [2.45, 2.75) is 24.5 Å². The highest BCUT2D eigenvalue weighted by Crippen LogP contribution is 2.25. The van der Waals surface area contributed by atoms with E-state index in [-0.39, 0.29) is 18.1 Å². The number of carboxylic acids is 1. The molecule has 0 radical (unpaired) electrons. The Morgan fingerprint density at radius 2 is 1.91 bits per heavy atom. The van der Waals surface area contributed by atoms with Crippen LogP contribution in [0.25, 0.3) is 22.3 Å². The Balaban J connectivity index is 1.40. The van der Waals surface area contributed by atoms with E-state index in [1.165, 1.54) is 11.8 Å². The molecule has 9 heteroatoms. The third-order valence-corrected chi connectivity index (χ3v) is 6.31. The Kier molecular flexibility index (Phi) is 6.27. The number of carbonyl (C=O) groups excluding carboxylic acids is 1. The fourth-order valence-electron chi connectivity index (χ4n) is 3.59. The molecule has 0 saturated heterocycles. The van der Waals surface area contributed by atoms with Gasteiger partial charge in [0, 0.05) is 36.1 Å². The smallest absolute Gasteiger partial charge is 0.326 e. The number of carboxylic acid groups (broad SMARTS) is 1. The second-order valence-corrected chi connectivity index (χ2v) is 8.43. The molecular formula is C23H23N5O3S. The van der Waals surface area contributed by atoms with Crippen molar-refractivity contribution in [2.75, 3.05) is 5.75 Å². The summed E-state index contributed by atoms with van der Waals surface area (Å²) in [5.74, 6) is -0.692. The Bertz CT molecular complexity index is 1280. The average Bonchev–Trinajstić information content (AvgIpc) is 3.35. The summed E-state index contributed by atoms with van der Waals surface area (Å²) in [5, 5.41) is 22.2. The van der Waals surface area contributed by atoms with Crippen molar-refractivity contribution in [2.24, 2.45) is 7.05 Å². The number of fused-ring (bicyclic) bond motifs is 1. The third-order valence-electron chi connectivity index (χ3n) is 5.29. The maximum absolute atomic E-state index is 12.5. The van der Waals surface area contributed by atoms with Gasteiger partial charge in [0.25, 0.3) is 0 Å². The maximum Gasteiger partial charge on any atom is 0.326 e. The highest BCUT2D eigenvalue weighted by Gasteiger charge is 2.22. The molecule has 0 spiro atoms. The van der Waals surface area contributed by atoms with E-state index in [1.54, 1.807) is 6.20 Å². The van der Waals surface area contributed by atoms with Crippen molar-refractivity contribution in [1.82, 2.24) is 25.1 Å². The minimum atomic E-state index is -1.07. The van der Waals surface area contributed by atoms with E-state index < -0.39 is 12.0 Å². The Hall–Kier alpha value is -3.59. The van der Waals surface area contributed by atoms with Crippen molar-refractivity contribution in [3.63, 3.8) is 0 Å². The van der Waals surface area contributed by atoms with Crippen LogP contribution >= 0.6 is 11.8 Å². The lowest BCUT2D eigenvalue weighted by molar-refractivity contribution is -0.141. The average molecular weight is 450 g/mol. The number of nitrogens with one attached hydrogen (secondary N) is 2. The highest BCUT2D eigenvalue weighted by atomic mass is 32.2. The standard InChI is InChI=1S/C23H23N5O3S/c1-14-7-3-4-8-16(14)21-26-27-23(28(21)2)32-13-20(29)25-19(22(30)31)11-15-12-24-18-10-6-5-9-17(15)18/h3-10,12,19,24H,11,13H2,1-2H3,(H,25,29)(H,30,31)/t19-/m1/s1. The van der Waals surface area contributed by atoms with Gasteiger partial charge in [-0.15, -0.1) is 10.2 Å². The molecule has 3 N–H and O–H groups in total. The second kappa shape index (κ2) is 9.27. The van der Waals surface area contributed by atoms with E-state index >= 15 is 0 Å². The predicted molar refractivity (Wildman–Crippen MR) is 123 cm³/mol. The van der Waals surface area contributed by atoms with E-state index in [9.17, 15) is 14.7 Å². The Morgan fingerprint density at radius 3 is 2.69 bits per heavy atom.